The number of nitrogens with zero attached hydrogens (tertiary/aromatic N) is 3. The van der Waals surface area contributed by atoms with Gasteiger partial charge in [-0.3, -0.25) is 9.89 Å². The van der Waals surface area contributed by atoms with E-state index >= 15 is 0 Å². The number of H-pyrrole nitrogens is 1. The highest BCUT2D eigenvalue weighted by molar-refractivity contribution is 6.30. The van der Waals surface area contributed by atoms with E-state index in [2.05, 4.69) is 15.2 Å². The first-order valence-electron chi connectivity index (χ1n) is 6.61. The Labute approximate surface area is 127 Å². The summed E-state index contributed by atoms with van der Waals surface area (Å²) in [7, 11) is 1.72. The highest BCUT2D eigenvalue weighted by Gasteiger charge is 2.31. The molecule has 1 aliphatic rings. The normalized spacial score (nSPS) is 16.4. The first kappa shape index (κ1) is 13.9. The van der Waals surface area contributed by atoms with Crippen LogP contribution in [0, 0.1) is 6.92 Å². The number of ether oxygens (including phenoxy) is 1. The monoisotopic (exact) mass is 306 g/mol. The molecule has 1 amide bonds. The molecular weight excluding hydrogens is 292 g/mol. The molecule has 0 saturated heterocycles. The summed E-state index contributed by atoms with van der Waals surface area (Å²) >= 11 is 5.95. The quantitative estimate of drug-likeness (QED) is 0.937. The molecule has 1 aromatic carbocycles. The standard InChI is InChI=1S/C14H15ClN4O2/c1-8-16-13(18-17-8)7-19(2)14(20)12-6-9-5-10(15)3-4-11(9)21-12/h3-5,12H,6-7H2,1-2H3,(H,16,17,18). The van der Waals surface area contributed by atoms with Crippen molar-refractivity contribution < 1.29 is 9.53 Å². The average molecular weight is 307 g/mol. The third-order valence-corrected chi connectivity index (χ3v) is 3.61. The van der Waals surface area contributed by atoms with Crippen LogP contribution in [0.25, 0.3) is 0 Å². The second-order valence-electron chi connectivity index (χ2n) is 5.09. The minimum atomic E-state index is -0.511. The number of aromatic amines is 1. The van der Waals surface area contributed by atoms with Gasteiger partial charge in [0.1, 0.15) is 11.6 Å². The largest absolute Gasteiger partial charge is 0.480 e. The Bertz CT molecular complexity index is 685. The molecule has 1 aliphatic heterocycles. The van der Waals surface area contributed by atoms with E-state index in [0.717, 1.165) is 17.1 Å². The highest BCUT2D eigenvalue weighted by atomic mass is 35.5. The third kappa shape index (κ3) is 2.85. The van der Waals surface area contributed by atoms with E-state index in [9.17, 15) is 4.79 Å². The summed E-state index contributed by atoms with van der Waals surface area (Å²) in [5.41, 5.74) is 0.961. The molecule has 1 N–H and O–H groups in total. The number of aromatic nitrogens is 3. The van der Waals surface area contributed by atoms with Gasteiger partial charge in [-0.25, -0.2) is 4.98 Å². The second kappa shape index (κ2) is 5.37. The molecule has 6 nitrogen and oxygen atoms in total. The summed E-state index contributed by atoms with van der Waals surface area (Å²) in [6.45, 7) is 2.17. The predicted molar refractivity (Wildman–Crippen MR) is 77.2 cm³/mol. The Hall–Kier alpha value is -2.08. The molecule has 21 heavy (non-hydrogen) atoms. The second-order valence-corrected chi connectivity index (χ2v) is 5.53. The molecule has 1 aromatic heterocycles. The molecule has 110 valence electrons. The Morgan fingerprint density at radius 1 is 1.57 bits per heavy atom. The van der Waals surface area contributed by atoms with E-state index in [1.807, 2.05) is 13.0 Å². The Morgan fingerprint density at radius 2 is 2.38 bits per heavy atom. The Balaban J connectivity index is 1.66. The van der Waals surface area contributed by atoms with Crippen LogP contribution in [0.2, 0.25) is 5.02 Å². The van der Waals surface area contributed by atoms with Gasteiger partial charge in [0.2, 0.25) is 0 Å². The average Bonchev–Trinajstić information content (AvgIpc) is 3.03. The lowest BCUT2D eigenvalue weighted by molar-refractivity contribution is -0.137. The summed E-state index contributed by atoms with van der Waals surface area (Å²) in [5, 5.41) is 7.43. The van der Waals surface area contributed by atoms with E-state index in [0.29, 0.717) is 23.8 Å². The molecule has 0 fully saturated rings. The maximum atomic E-state index is 12.4. The van der Waals surface area contributed by atoms with Crippen LogP contribution >= 0.6 is 11.6 Å². The van der Waals surface area contributed by atoms with Crippen molar-refractivity contribution in [3.8, 4) is 5.75 Å². The van der Waals surface area contributed by atoms with Gasteiger partial charge in [0.15, 0.2) is 11.9 Å². The van der Waals surface area contributed by atoms with E-state index in [4.69, 9.17) is 16.3 Å². The molecule has 0 bridgehead atoms. The molecule has 3 rings (SSSR count). The van der Waals surface area contributed by atoms with Crippen molar-refractivity contribution in [2.45, 2.75) is 26.0 Å². The van der Waals surface area contributed by atoms with Gasteiger partial charge in [-0.2, -0.15) is 5.10 Å². The number of carbonyl (C=O) groups excluding carboxylic acids is 1. The Kier molecular flexibility index (Phi) is 3.55. The molecular formula is C14H15ClN4O2. The number of aryl methyl sites for hydroxylation is 1. The minimum absolute atomic E-state index is 0.0928. The molecule has 1 atom stereocenters. The fourth-order valence-electron chi connectivity index (χ4n) is 2.35. The molecule has 0 spiro atoms. The van der Waals surface area contributed by atoms with Crippen molar-refractivity contribution in [1.82, 2.24) is 20.1 Å². The lowest BCUT2D eigenvalue weighted by Gasteiger charge is -2.19. The van der Waals surface area contributed by atoms with Crippen molar-refractivity contribution in [3.63, 3.8) is 0 Å². The Morgan fingerprint density at radius 3 is 3.10 bits per heavy atom. The van der Waals surface area contributed by atoms with Gasteiger partial charge in [-0.05, 0) is 30.7 Å². The van der Waals surface area contributed by atoms with Crippen molar-refractivity contribution in [2.75, 3.05) is 7.05 Å². The number of carbonyl (C=O) groups is 1. The van der Waals surface area contributed by atoms with Gasteiger partial charge in [0, 0.05) is 18.5 Å². The van der Waals surface area contributed by atoms with Crippen LogP contribution in [0.4, 0.5) is 0 Å². The molecule has 2 aromatic rings. The van der Waals surface area contributed by atoms with Gasteiger partial charge in [0.25, 0.3) is 5.91 Å². The lowest BCUT2D eigenvalue weighted by atomic mass is 10.1. The fraction of sp³-hybridized carbons (Fsp3) is 0.357. The summed E-state index contributed by atoms with van der Waals surface area (Å²) in [4.78, 5) is 18.2. The summed E-state index contributed by atoms with van der Waals surface area (Å²) in [5.74, 6) is 1.94. The van der Waals surface area contributed by atoms with Crippen LogP contribution in [0.1, 0.15) is 17.2 Å². The van der Waals surface area contributed by atoms with Crippen molar-refractivity contribution in [1.29, 1.82) is 0 Å². The molecule has 0 saturated carbocycles. The molecule has 0 radical (unpaired) electrons. The summed E-state index contributed by atoms with van der Waals surface area (Å²) in [6.07, 6.45) is 0.0232. The van der Waals surface area contributed by atoms with Crippen LogP contribution in [-0.2, 0) is 17.8 Å². The number of fused-ring (bicyclic) bond motifs is 1. The van der Waals surface area contributed by atoms with Crippen LogP contribution in [0.3, 0.4) is 0 Å². The molecule has 7 heteroatoms. The first-order chi connectivity index (χ1) is 10.0. The molecule has 2 heterocycles. The zero-order valence-corrected chi connectivity index (χ0v) is 12.5. The van der Waals surface area contributed by atoms with Crippen molar-refractivity contribution in [2.24, 2.45) is 0 Å². The van der Waals surface area contributed by atoms with Crippen LogP contribution in [-0.4, -0.2) is 39.1 Å². The maximum absolute atomic E-state index is 12.4. The van der Waals surface area contributed by atoms with E-state index in [1.54, 1.807) is 24.1 Å². The SMILES string of the molecule is Cc1nc(CN(C)C(=O)C2Cc3cc(Cl)ccc3O2)n[nH]1. The number of hydrogen-bond donors (Lipinski definition) is 1. The predicted octanol–water partition coefficient (Wildman–Crippen LogP) is 1.73. The zero-order valence-electron chi connectivity index (χ0n) is 11.8. The van der Waals surface area contributed by atoms with Crippen molar-refractivity contribution >= 4 is 17.5 Å². The number of rotatable bonds is 3. The smallest absolute Gasteiger partial charge is 0.264 e. The number of halogens is 1. The maximum Gasteiger partial charge on any atom is 0.264 e. The third-order valence-electron chi connectivity index (χ3n) is 3.37. The van der Waals surface area contributed by atoms with Gasteiger partial charge >= 0.3 is 0 Å². The molecule has 0 aliphatic carbocycles. The first-order valence-corrected chi connectivity index (χ1v) is 6.98. The van der Waals surface area contributed by atoms with Gasteiger partial charge in [0.05, 0.1) is 6.54 Å². The fourth-order valence-corrected chi connectivity index (χ4v) is 2.55. The summed E-state index contributed by atoms with van der Waals surface area (Å²) in [6, 6.07) is 5.39. The topological polar surface area (TPSA) is 71.1 Å². The minimum Gasteiger partial charge on any atom is -0.480 e. The highest BCUT2D eigenvalue weighted by Crippen LogP contribution is 2.31. The van der Waals surface area contributed by atoms with Crippen LogP contribution in [0.15, 0.2) is 18.2 Å². The van der Waals surface area contributed by atoms with E-state index < -0.39 is 6.10 Å². The number of hydrogen-bond acceptors (Lipinski definition) is 4. The van der Waals surface area contributed by atoms with E-state index in [-0.39, 0.29) is 5.91 Å². The number of benzene rings is 1. The number of amides is 1. The van der Waals surface area contributed by atoms with Crippen LogP contribution in [0.5, 0.6) is 5.75 Å². The summed E-state index contributed by atoms with van der Waals surface area (Å²) < 4.78 is 5.69. The zero-order chi connectivity index (χ0) is 15.0. The van der Waals surface area contributed by atoms with Gasteiger partial charge in [-0.1, -0.05) is 11.6 Å². The van der Waals surface area contributed by atoms with Crippen LogP contribution < -0.4 is 4.74 Å². The number of nitrogens with one attached hydrogen (secondary N) is 1. The lowest BCUT2D eigenvalue weighted by Crippen LogP contribution is -2.38. The molecule has 1 unspecified atom stereocenters. The van der Waals surface area contributed by atoms with Gasteiger partial charge in [-0.15, -0.1) is 0 Å². The number of likely N-dealkylation sites (N-methyl/N-ethyl adjacent to an activating group) is 1. The van der Waals surface area contributed by atoms with Gasteiger partial charge < -0.3 is 9.64 Å². The van der Waals surface area contributed by atoms with E-state index in [1.165, 1.54) is 0 Å². The van der Waals surface area contributed by atoms with Crippen molar-refractivity contribution in [3.05, 3.63) is 40.4 Å².